The molecule has 1 rings (SSSR count). The number of benzene rings is 1. The molecule has 0 fully saturated rings. The first-order valence-electron chi connectivity index (χ1n) is 3.27. The zero-order valence-electron chi connectivity index (χ0n) is 6.39. The second kappa shape index (κ2) is 3.10. The van der Waals surface area contributed by atoms with E-state index in [0.29, 0.717) is 0 Å². The van der Waals surface area contributed by atoms with Gasteiger partial charge in [-0.25, -0.2) is 0 Å². The number of anilines is 1. The van der Waals surface area contributed by atoms with Crippen LogP contribution in [0.4, 0.5) is 11.4 Å². The predicted octanol–water partition coefficient (Wildman–Crippen LogP) is -0.460. The Hall–Kier alpha value is -2.11. The summed E-state index contributed by atoms with van der Waals surface area (Å²) in [6.07, 6.45) is 0. The van der Waals surface area contributed by atoms with Crippen LogP contribution in [-0.4, -0.2) is 10.9 Å². The second-order valence-corrected chi connectivity index (χ2v) is 2.32. The van der Waals surface area contributed by atoms with Crippen LogP contribution in [0, 0.1) is 10.1 Å². The molecule has 68 valence electrons. The summed E-state index contributed by atoms with van der Waals surface area (Å²) in [7, 11) is 0. The number of hydrogen-bond donors (Lipinski definition) is 1. The van der Waals surface area contributed by atoms with Gasteiger partial charge in [-0.05, 0) is 17.7 Å². The van der Waals surface area contributed by atoms with Crippen LogP contribution in [-0.2, 0) is 0 Å². The number of nitrogen functional groups attached to an aromatic ring is 1. The number of carbonyl (C=O) groups is 1. The van der Waals surface area contributed by atoms with E-state index in [1.54, 1.807) is 0 Å². The van der Waals surface area contributed by atoms with Crippen LogP contribution in [0.15, 0.2) is 18.2 Å². The molecule has 0 amide bonds. The van der Waals surface area contributed by atoms with Gasteiger partial charge in [-0.15, -0.1) is 0 Å². The summed E-state index contributed by atoms with van der Waals surface area (Å²) >= 11 is 0. The van der Waals surface area contributed by atoms with E-state index in [-0.39, 0.29) is 16.9 Å². The molecule has 0 heterocycles. The quantitative estimate of drug-likeness (QED) is 0.377. The van der Waals surface area contributed by atoms with E-state index in [2.05, 4.69) is 0 Å². The van der Waals surface area contributed by atoms with E-state index in [1.165, 1.54) is 0 Å². The highest BCUT2D eigenvalue weighted by atomic mass is 16.6. The minimum atomic E-state index is -1.42. The third kappa shape index (κ3) is 1.73. The van der Waals surface area contributed by atoms with Crippen molar-refractivity contribution < 1.29 is 14.8 Å². The van der Waals surface area contributed by atoms with Crippen molar-refractivity contribution in [2.75, 3.05) is 5.73 Å². The van der Waals surface area contributed by atoms with Gasteiger partial charge in [0, 0.05) is 6.07 Å². The van der Waals surface area contributed by atoms with Crippen molar-refractivity contribution >= 4 is 17.3 Å². The van der Waals surface area contributed by atoms with Crippen LogP contribution in [0.25, 0.3) is 0 Å². The van der Waals surface area contributed by atoms with Crippen molar-refractivity contribution in [3.8, 4) is 0 Å². The molecule has 6 nitrogen and oxygen atoms in total. The van der Waals surface area contributed by atoms with E-state index in [9.17, 15) is 20.0 Å². The Morgan fingerprint density at radius 1 is 1.46 bits per heavy atom. The maximum absolute atomic E-state index is 10.3. The topological polar surface area (TPSA) is 109 Å². The molecule has 0 spiro atoms. The van der Waals surface area contributed by atoms with Crippen LogP contribution < -0.4 is 10.8 Å². The Labute approximate surface area is 72.7 Å². The smallest absolute Gasteiger partial charge is 0.292 e. The summed E-state index contributed by atoms with van der Waals surface area (Å²) in [4.78, 5) is 19.9. The molecule has 1 aromatic carbocycles. The zero-order valence-corrected chi connectivity index (χ0v) is 6.39. The van der Waals surface area contributed by atoms with Crippen LogP contribution in [0.5, 0.6) is 0 Å². The number of rotatable bonds is 2. The lowest BCUT2D eigenvalue weighted by Gasteiger charge is -2.02. The van der Waals surface area contributed by atoms with Gasteiger partial charge < -0.3 is 15.6 Å². The number of carbonyl (C=O) groups excluding carboxylic acids is 1. The zero-order chi connectivity index (χ0) is 10.0. The SMILES string of the molecule is Nc1cc(C(=O)[O-])ccc1[N+](=O)[O-]. The molecule has 0 aromatic heterocycles. The summed E-state index contributed by atoms with van der Waals surface area (Å²) in [6, 6.07) is 3.10. The van der Waals surface area contributed by atoms with Crippen LogP contribution >= 0.6 is 0 Å². The molecule has 0 aliphatic carbocycles. The largest absolute Gasteiger partial charge is 0.545 e. The standard InChI is InChI=1S/C7H6N2O4/c8-5-3-4(7(10)11)1-2-6(5)9(12)13/h1-3H,8H2,(H,10,11)/p-1. The molecule has 2 N–H and O–H groups in total. The summed E-state index contributed by atoms with van der Waals surface area (Å²) in [5.41, 5.74) is 4.55. The predicted molar refractivity (Wildman–Crippen MR) is 41.8 cm³/mol. The van der Waals surface area contributed by atoms with Crippen LogP contribution in [0.1, 0.15) is 10.4 Å². The molecule has 0 saturated heterocycles. The summed E-state index contributed by atoms with van der Waals surface area (Å²) in [5, 5.41) is 20.6. The number of aromatic carboxylic acids is 1. The van der Waals surface area contributed by atoms with Crippen molar-refractivity contribution in [1.29, 1.82) is 0 Å². The Morgan fingerprint density at radius 3 is 2.46 bits per heavy atom. The molecular formula is C7H5N2O4-. The maximum atomic E-state index is 10.3. The van der Waals surface area contributed by atoms with Crippen LogP contribution in [0.3, 0.4) is 0 Å². The first-order chi connectivity index (χ1) is 6.02. The minimum absolute atomic E-state index is 0.178. The third-order valence-corrected chi connectivity index (χ3v) is 1.46. The Morgan fingerprint density at radius 2 is 2.08 bits per heavy atom. The van der Waals surface area contributed by atoms with Crippen LogP contribution in [0.2, 0.25) is 0 Å². The van der Waals surface area contributed by atoms with Gasteiger partial charge in [0.25, 0.3) is 5.69 Å². The molecule has 0 unspecified atom stereocenters. The van der Waals surface area contributed by atoms with E-state index in [1.807, 2.05) is 0 Å². The van der Waals surface area contributed by atoms with E-state index >= 15 is 0 Å². The fourth-order valence-corrected chi connectivity index (χ4v) is 0.848. The van der Waals surface area contributed by atoms with Gasteiger partial charge >= 0.3 is 0 Å². The van der Waals surface area contributed by atoms with Gasteiger partial charge in [-0.2, -0.15) is 0 Å². The normalized spacial score (nSPS) is 9.54. The number of nitrogens with two attached hydrogens (primary N) is 1. The van der Waals surface area contributed by atoms with Crippen molar-refractivity contribution in [1.82, 2.24) is 0 Å². The van der Waals surface area contributed by atoms with Gasteiger partial charge in [0.2, 0.25) is 0 Å². The lowest BCUT2D eigenvalue weighted by molar-refractivity contribution is -0.383. The fraction of sp³-hybridized carbons (Fsp3) is 0. The minimum Gasteiger partial charge on any atom is -0.545 e. The molecule has 0 aliphatic rings. The number of carboxylic acids is 1. The molecule has 1 aromatic rings. The fourth-order valence-electron chi connectivity index (χ4n) is 0.848. The average Bonchev–Trinajstić information content (AvgIpc) is 2.03. The highest BCUT2D eigenvalue weighted by Crippen LogP contribution is 2.21. The number of hydrogen-bond acceptors (Lipinski definition) is 5. The number of carboxylic acid groups (broad SMARTS) is 1. The van der Waals surface area contributed by atoms with Crippen molar-refractivity contribution in [3.05, 3.63) is 33.9 Å². The molecule has 0 atom stereocenters. The number of nitro groups is 1. The van der Waals surface area contributed by atoms with Gasteiger partial charge in [-0.3, -0.25) is 10.1 Å². The van der Waals surface area contributed by atoms with Crippen molar-refractivity contribution in [3.63, 3.8) is 0 Å². The monoisotopic (exact) mass is 181 g/mol. The highest BCUT2D eigenvalue weighted by Gasteiger charge is 2.10. The first kappa shape index (κ1) is 8.98. The molecule has 0 bridgehead atoms. The van der Waals surface area contributed by atoms with E-state index < -0.39 is 10.9 Å². The van der Waals surface area contributed by atoms with E-state index in [0.717, 1.165) is 18.2 Å². The summed E-state index contributed by atoms with van der Waals surface area (Å²) in [6.45, 7) is 0. The first-order valence-corrected chi connectivity index (χ1v) is 3.27. The van der Waals surface area contributed by atoms with Gasteiger partial charge in [0.05, 0.1) is 10.9 Å². The van der Waals surface area contributed by atoms with Gasteiger partial charge in [0.1, 0.15) is 5.69 Å². The van der Waals surface area contributed by atoms with E-state index in [4.69, 9.17) is 5.73 Å². The third-order valence-electron chi connectivity index (χ3n) is 1.46. The molecule has 0 aliphatic heterocycles. The molecule has 0 saturated carbocycles. The lowest BCUT2D eigenvalue weighted by atomic mass is 10.2. The van der Waals surface area contributed by atoms with Crippen molar-refractivity contribution in [2.45, 2.75) is 0 Å². The molecule has 0 radical (unpaired) electrons. The Bertz CT molecular complexity index is 375. The molecule has 13 heavy (non-hydrogen) atoms. The maximum Gasteiger partial charge on any atom is 0.292 e. The highest BCUT2D eigenvalue weighted by molar-refractivity contribution is 5.88. The Balaban J connectivity index is 3.20. The summed E-state index contributed by atoms with van der Waals surface area (Å²) in [5.74, 6) is -1.42. The summed E-state index contributed by atoms with van der Waals surface area (Å²) < 4.78 is 0. The number of nitrogens with zero attached hydrogens (tertiary/aromatic N) is 1. The lowest BCUT2D eigenvalue weighted by Crippen LogP contribution is -2.22. The van der Waals surface area contributed by atoms with Gasteiger partial charge in [0.15, 0.2) is 0 Å². The molecule has 6 heteroatoms. The van der Waals surface area contributed by atoms with Gasteiger partial charge in [-0.1, -0.05) is 0 Å². The number of nitro benzene ring substituents is 1. The average molecular weight is 181 g/mol. The second-order valence-electron chi connectivity index (χ2n) is 2.32. The molecular weight excluding hydrogens is 176 g/mol. The Kier molecular flexibility index (Phi) is 2.14. The van der Waals surface area contributed by atoms with Crippen molar-refractivity contribution in [2.24, 2.45) is 0 Å².